The quantitative estimate of drug-likeness (QED) is 0.269. The molecule has 0 amide bonds. The fourth-order valence-corrected chi connectivity index (χ4v) is 13.6. The predicted octanol–water partition coefficient (Wildman–Crippen LogP) is 8.25. The van der Waals surface area contributed by atoms with Crippen LogP contribution in [0.1, 0.15) is 27.7 Å². The molecule has 7 heteroatoms. The first-order valence-corrected chi connectivity index (χ1v) is 19.7. The van der Waals surface area contributed by atoms with Crippen LogP contribution in [-0.4, -0.2) is 37.7 Å². The third-order valence-corrected chi connectivity index (χ3v) is 12.0. The van der Waals surface area contributed by atoms with E-state index in [1.54, 1.807) is 10.9 Å². The topological polar surface area (TPSA) is 6.48 Å². The Bertz CT molecular complexity index is 601. The molecule has 1 heterocycles. The molecule has 0 aromatic carbocycles. The van der Waals surface area contributed by atoms with Crippen molar-refractivity contribution >= 4 is 32.2 Å². The monoisotopic (exact) mass is 498 g/mol. The molecule has 1 aliphatic heterocycles. The van der Waals surface area contributed by atoms with Crippen molar-refractivity contribution in [2.75, 3.05) is 0 Å². The van der Waals surface area contributed by atoms with E-state index in [-0.39, 0.29) is 21.7 Å². The van der Waals surface area contributed by atoms with E-state index in [2.05, 4.69) is 76.1 Å². The summed E-state index contributed by atoms with van der Waals surface area (Å²) >= 11 is 0. The second-order valence-corrected chi connectivity index (χ2v) is 21.8. The smallest absolute Gasteiger partial charge is 0.148 e. The van der Waals surface area contributed by atoms with Crippen LogP contribution in [0.5, 0.6) is 0 Å². The molecule has 0 saturated carbocycles. The number of nitrogens with zero attached hydrogens (tertiary/aromatic N) is 2. The average Bonchev–Trinajstić information content (AvgIpc) is 2.45. The fraction of sp³-hybridized carbons (Fsp3) is 0.545. The molecule has 0 saturated heterocycles. The predicted molar refractivity (Wildman–Crippen MR) is 138 cm³/mol. The normalized spacial score (nSPS) is 21.0. The molecular weight excluding hydrogens is 458 g/mol. The van der Waals surface area contributed by atoms with Crippen molar-refractivity contribution in [1.82, 2.24) is 9.13 Å². The summed E-state index contributed by atoms with van der Waals surface area (Å²) < 4.78 is 5.52. The van der Waals surface area contributed by atoms with Crippen LogP contribution in [0.3, 0.4) is 0 Å². The van der Waals surface area contributed by atoms with Crippen molar-refractivity contribution in [3.8, 4) is 0 Å². The molecule has 2 rings (SSSR count). The van der Waals surface area contributed by atoms with E-state index in [0.29, 0.717) is 12.1 Å². The van der Waals surface area contributed by atoms with Crippen LogP contribution in [0.15, 0.2) is 59.5 Å². The molecule has 0 aromatic heterocycles. The molecule has 1 aliphatic carbocycles. The van der Waals surface area contributed by atoms with E-state index in [1.807, 2.05) is 48.6 Å². The summed E-state index contributed by atoms with van der Waals surface area (Å²) in [5.74, 6) is 0. The Hall–Kier alpha value is 0.0481. The summed E-state index contributed by atoms with van der Waals surface area (Å²) in [6.07, 6.45) is 16.0. The summed E-state index contributed by atoms with van der Waals surface area (Å²) in [5, 5.41) is 0. The van der Waals surface area contributed by atoms with Gasteiger partial charge in [-0.2, -0.15) is 0 Å². The Morgan fingerprint density at radius 3 is 0.862 bits per heavy atom. The third-order valence-electron chi connectivity index (χ3n) is 4.26. The van der Waals surface area contributed by atoms with Gasteiger partial charge in [0, 0.05) is 33.8 Å². The van der Waals surface area contributed by atoms with Gasteiger partial charge in [-0.3, -0.25) is 0 Å². The fourth-order valence-electron chi connectivity index (χ4n) is 3.64. The van der Waals surface area contributed by atoms with E-state index in [4.69, 9.17) is 0 Å². The third kappa shape index (κ3) is 9.38. The summed E-state index contributed by atoms with van der Waals surface area (Å²) in [7, 11) is 0.406. The number of hydrogen-bond donors (Lipinski definition) is 0. The van der Waals surface area contributed by atoms with Crippen LogP contribution in [0.25, 0.3) is 0 Å². The molecule has 160 valence electrons. The van der Waals surface area contributed by atoms with Crippen LogP contribution < -0.4 is 0 Å². The van der Waals surface area contributed by atoms with Gasteiger partial charge >= 0.3 is 0 Å². The Labute approximate surface area is 200 Å². The van der Waals surface area contributed by atoms with E-state index in [0.717, 1.165) is 0 Å². The zero-order valence-corrected chi connectivity index (χ0v) is 25.4. The molecule has 0 fully saturated rings. The van der Waals surface area contributed by atoms with Crippen molar-refractivity contribution in [2.24, 2.45) is 0 Å². The molecule has 0 atom stereocenters. The molecular formula is C22H40N2P2Si2Ti. The van der Waals surface area contributed by atoms with Crippen LogP contribution >= 0.6 is 15.7 Å². The van der Waals surface area contributed by atoms with Crippen LogP contribution in [-0.2, 0) is 21.7 Å². The van der Waals surface area contributed by atoms with Gasteiger partial charge in [0.05, 0.1) is 10.9 Å². The maximum atomic E-state index is 2.76. The summed E-state index contributed by atoms with van der Waals surface area (Å²) in [6, 6.07) is 1.23. The van der Waals surface area contributed by atoms with Gasteiger partial charge in [-0.1, -0.05) is 87.9 Å². The standard InChI is InChI=1S/C14H32N2P2Si2.C8H8.Ti/c1-11(2)15(19(5,6)7)13-14(18-17-13)16(12(3)4)20(8,9)10;1-2-4-6-8-7-5-3-1;/h11-12H,1-10H3;1-8H;/b;2-1-,3-1?,4-2?,5-3-,6-4-,7-5?,8-6?,8-7-;. The Morgan fingerprint density at radius 1 is 0.552 bits per heavy atom. The van der Waals surface area contributed by atoms with Gasteiger partial charge in [0.15, 0.2) is 0 Å². The Morgan fingerprint density at radius 2 is 0.759 bits per heavy atom. The molecule has 2 nitrogen and oxygen atoms in total. The van der Waals surface area contributed by atoms with Gasteiger partial charge in [-0.15, -0.1) is 0 Å². The largest absolute Gasteiger partial charge is 0.390 e. The average molecular weight is 499 g/mol. The minimum Gasteiger partial charge on any atom is -0.390 e. The molecule has 29 heavy (non-hydrogen) atoms. The zero-order chi connectivity index (χ0) is 21.5. The van der Waals surface area contributed by atoms with Gasteiger partial charge in [-0.05, 0) is 43.4 Å². The second kappa shape index (κ2) is 12.8. The number of hydrogen-bond acceptors (Lipinski definition) is 2. The molecule has 0 aromatic rings. The molecule has 0 N–H and O–H groups in total. The number of rotatable bonds is 6. The Balaban J connectivity index is 0.000000729. The van der Waals surface area contributed by atoms with Crippen molar-refractivity contribution in [1.29, 1.82) is 0 Å². The second-order valence-electron chi connectivity index (χ2n) is 9.66. The van der Waals surface area contributed by atoms with E-state index in [9.17, 15) is 0 Å². The van der Waals surface area contributed by atoms with Gasteiger partial charge < -0.3 is 9.13 Å². The van der Waals surface area contributed by atoms with Crippen molar-refractivity contribution in [3.05, 3.63) is 59.5 Å². The van der Waals surface area contributed by atoms with E-state index >= 15 is 0 Å². The minimum absolute atomic E-state index is 0. The Kier molecular flexibility index (Phi) is 12.8. The molecule has 0 spiro atoms. The zero-order valence-electron chi connectivity index (χ0n) is 20.1. The molecule has 2 aliphatic rings. The van der Waals surface area contributed by atoms with Crippen LogP contribution in [0.2, 0.25) is 39.3 Å². The first kappa shape index (κ1) is 29.0. The number of allylic oxidation sites excluding steroid dienone is 8. The van der Waals surface area contributed by atoms with Gasteiger partial charge in [-0.25, -0.2) is 0 Å². The minimum atomic E-state index is -1.31. The maximum Gasteiger partial charge on any atom is 0.148 e. The summed E-state index contributed by atoms with van der Waals surface area (Å²) in [6.45, 7) is 24.2. The van der Waals surface area contributed by atoms with Crippen LogP contribution in [0, 0.1) is 0 Å². The molecule has 0 bridgehead atoms. The maximum absolute atomic E-state index is 2.76. The van der Waals surface area contributed by atoms with Crippen LogP contribution in [0.4, 0.5) is 0 Å². The van der Waals surface area contributed by atoms with Crippen molar-refractivity contribution in [2.45, 2.75) is 79.1 Å². The van der Waals surface area contributed by atoms with E-state index in [1.165, 1.54) is 15.7 Å². The van der Waals surface area contributed by atoms with Crippen molar-refractivity contribution < 1.29 is 21.7 Å². The van der Waals surface area contributed by atoms with Gasteiger partial charge in [0.1, 0.15) is 16.5 Å². The van der Waals surface area contributed by atoms with Crippen molar-refractivity contribution in [3.63, 3.8) is 0 Å². The van der Waals surface area contributed by atoms with E-state index < -0.39 is 16.5 Å². The summed E-state index contributed by atoms with van der Waals surface area (Å²) in [4.78, 5) is 0. The van der Waals surface area contributed by atoms with Gasteiger partial charge in [0.2, 0.25) is 0 Å². The molecule has 0 unspecified atom stereocenters. The first-order valence-electron chi connectivity index (χ1n) is 10.3. The SMILES string of the molecule is C1=C\C=C/C=C\C=C/1.CC(C)N(C1=C(N(C(C)C)[Si](C)(C)C)P=P1)[Si](C)(C)C.[Ti]. The summed E-state index contributed by atoms with van der Waals surface area (Å²) in [5.41, 5.74) is 3.24. The van der Waals surface area contributed by atoms with Gasteiger partial charge in [0.25, 0.3) is 0 Å². The molecule has 0 radical (unpaired) electrons. The first-order chi connectivity index (χ1) is 12.9.